The predicted molar refractivity (Wildman–Crippen MR) is 52.0 cm³/mol. The normalized spacial score (nSPS) is 21.2. The van der Waals surface area contributed by atoms with E-state index in [2.05, 4.69) is 25.9 Å². The van der Waals surface area contributed by atoms with E-state index in [4.69, 9.17) is 0 Å². The van der Waals surface area contributed by atoms with Crippen molar-refractivity contribution in [1.82, 2.24) is 9.97 Å². The van der Waals surface area contributed by atoms with Gasteiger partial charge in [0.1, 0.15) is 5.60 Å². The molecule has 0 saturated heterocycles. The SMILES string of the molecule is C[C@](O)(c1ncc(Br)cn1)C1CC1. The molecule has 1 saturated carbocycles. The zero-order chi connectivity index (χ0) is 9.47. The maximum absolute atomic E-state index is 10.1. The number of hydrogen-bond donors (Lipinski definition) is 1. The van der Waals surface area contributed by atoms with Gasteiger partial charge < -0.3 is 5.11 Å². The number of halogens is 1. The third-order valence-electron chi connectivity index (χ3n) is 2.45. The molecule has 0 unspecified atom stereocenters. The summed E-state index contributed by atoms with van der Waals surface area (Å²) < 4.78 is 0.836. The summed E-state index contributed by atoms with van der Waals surface area (Å²) in [7, 11) is 0. The highest BCUT2D eigenvalue weighted by atomic mass is 79.9. The number of rotatable bonds is 2. The van der Waals surface area contributed by atoms with Crippen molar-refractivity contribution < 1.29 is 5.11 Å². The molecule has 1 fully saturated rings. The molecular weight excluding hydrogens is 232 g/mol. The Labute approximate surface area is 85.4 Å². The number of aliphatic hydroxyl groups is 1. The standard InChI is InChI=1S/C9H11BrN2O/c1-9(13,6-2-3-6)8-11-4-7(10)5-12-8/h4-6,13H,2-3H2,1H3/t9-/m1/s1. The van der Waals surface area contributed by atoms with E-state index in [1.54, 1.807) is 19.3 Å². The molecule has 1 N–H and O–H groups in total. The number of aromatic nitrogens is 2. The van der Waals surface area contributed by atoms with Gasteiger partial charge in [-0.3, -0.25) is 0 Å². The summed E-state index contributed by atoms with van der Waals surface area (Å²) in [6, 6.07) is 0. The number of hydrogen-bond acceptors (Lipinski definition) is 3. The van der Waals surface area contributed by atoms with Gasteiger partial charge in [-0.25, -0.2) is 9.97 Å². The Morgan fingerprint density at radius 1 is 1.46 bits per heavy atom. The first-order chi connectivity index (χ1) is 6.10. The lowest BCUT2D eigenvalue weighted by atomic mass is 10.00. The van der Waals surface area contributed by atoms with Crippen molar-refractivity contribution in [1.29, 1.82) is 0 Å². The molecule has 0 aliphatic heterocycles. The fourth-order valence-electron chi connectivity index (χ4n) is 1.40. The Kier molecular flexibility index (Phi) is 2.12. The minimum absolute atomic E-state index is 0.341. The molecule has 0 amide bonds. The van der Waals surface area contributed by atoms with Gasteiger partial charge in [-0.1, -0.05) is 0 Å². The Hall–Kier alpha value is -0.480. The minimum atomic E-state index is -0.847. The van der Waals surface area contributed by atoms with Crippen LogP contribution in [0.1, 0.15) is 25.6 Å². The van der Waals surface area contributed by atoms with Gasteiger partial charge in [-0.05, 0) is 41.6 Å². The highest BCUT2D eigenvalue weighted by molar-refractivity contribution is 9.10. The lowest BCUT2D eigenvalue weighted by Crippen LogP contribution is -2.26. The fraction of sp³-hybridized carbons (Fsp3) is 0.556. The van der Waals surface area contributed by atoms with Gasteiger partial charge in [-0.15, -0.1) is 0 Å². The van der Waals surface area contributed by atoms with Crippen LogP contribution >= 0.6 is 15.9 Å². The molecule has 1 aromatic rings. The molecule has 0 spiro atoms. The second-order valence-corrected chi connectivity index (χ2v) is 4.56. The van der Waals surface area contributed by atoms with Crippen LogP contribution in [0.5, 0.6) is 0 Å². The number of nitrogens with zero attached hydrogens (tertiary/aromatic N) is 2. The molecule has 3 nitrogen and oxygen atoms in total. The molecule has 1 heterocycles. The zero-order valence-electron chi connectivity index (χ0n) is 7.37. The first-order valence-electron chi connectivity index (χ1n) is 4.31. The molecule has 2 rings (SSSR count). The van der Waals surface area contributed by atoms with Crippen molar-refractivity contribution >= 4 is 15.9 Å². The lowest BCUT2D eigenvalue weighted by Gasteiger charge is -2.20. The van der Waals surface area contributed by atoms with Crippen LogP contribution in [0.2, 0.25) is 0 Å². The average molecular weight is 243 g/mol. The molecule has 70 valence electrons. The van der Waals surface area contributed by atoms with Crippen LogP contribution in [0.15, 0.2) is 16.9 Å². The monoisotopic (exact) mass is 242 g/mol. The molecule has 1 aliphatic carbocycles. The highest BCUT2D eigenvalue weighted by Gasteiger charge is 2.43. The molecule has 4 heteroatoms. The summed E-state index contributed by atoms with van der Waals surface area (Å²) in [6.07, 6.45) is 5.48. The van der Waals surface area contributed by atoms with Crippen LogP contribution in [0.25, 0.3) is 0 Å². The zero-order valence-corrected chi connectivity index (χ0v) is 8.95. The van der Waals surface area contributed by atoms with E-state index in [9.17, 15) is 5.11 Å². The van der Waals surface area contributed by atoms with E-state index in [0.29, 0.717) is 11.7 Å². The van der Waals surface area contributed by atoms with Crippen molar-refractivity contribution in [3.8, 4) is 0 Å². The van der Waals surface area contributed by atoms with Crippen molar-refractivity contribution in [2.24, 2.45) is 5.92 Å². The van der Waals surface area contributed by atoms with Gasteiger partial charge >= 0.3 is 0 Å². The summed E-state index contributed by atoms with van der Waals surface area (Å²) >= 11 is 3.26. The van der Waals surface area contributed by atoms with E-state index in [1.807, 2.05) is 0 Å². The fourth-order valence-corrected chi connectivity index (χ4v) is 1.61. The topological polar surface area (TPSA) is 46.0 Å². The van der Waals surface area contributed by atoms with Gasteiger partial charge in [0, 0.05) is 12.4 Å². The van der Waals surface area contributed by atoms with Crippen molar-refractivity contribution in [3.05, 3.63) is 22.7 Å². The minimum Gasteiger partial charge on any atom is -0.382 e. The highest BCUT2D eigenvalue weighted by Crippen LogP contribution is 2.44. The quantitative estimate of drug-likeness (QED) is 0.862. The largest absolute Gasteiger partial charge is 0.382 e. The van der Waals surface area contributed by atoms with Gasteiger partial charge in [0.05, 0.1) is 4.47 Å². The van der Waals surface area contributed by atoms with Crippen molar-refractivity contribution in [2.75, 3.05) is 0 Å². The first kappa shape index (κ1) is 9.09. The second-order valence-electron chi connectivity index (χ2n) is 3.65. The molecule has 1 aromatic heterocycles. The smallest absolute Gasteiger partial charge is 0.160 e. The van der Waals surface area contributed by atoms with E-state index < -0.39 is 5.60 Å². The Bertz CT molecular complexity index is 306. The molecule has 0 aromatic carbocycles. The van der Waals surface area contributed by atoms with Crippen molar-refractivity contribution in [2.45, 2.75) is 25.4 Å². The van der Waals surface area contributed by atoms with Crippen LogP contribution in [0.4, 0.5) is 0 Å². The molecule has 0 radical (unpaired) electrons. The van der Waals surface area contributed by atoms with E-state index in [1.165, 1.54) is 0 Å². The van der Waals surface area contributed by atoms with Gasteiger partial charge in [0.25, 0.3) is 0 Å². The lowest BCUT2D eigenvalue weighted by molar-refractivity contribution is 0.0238. The summed E-state index contributed by atoms with van der Waals surface area (Å²) in [5.74, 6) is 0.867. The van der Waals surface area contributed by atoms with E-state index in [0.717, 1.165) is 17.3 Å². The van der Waals surface area contributed by atoms with Crippen LogP contribution in [-0.4, -0.2) is 15.1 Å². The van der Waals surface area contributed by atoms with Gasteiger partial charge in [0.2, 0.25) is 0 Å². The predicted octanol–water partition coefficient (Wildman–Crippen LogP) is 1.86. The van der Waals surface area contributed by atoms with Crippen LogP contribution < -0.4 is 0 Å². The van der Waals surface area contributed by atoms with Crippen LogP contribution in [-0.2, 0) is 5.60 Å². The summed E-state index contributed by atoms with van der Waals surface area (Å²) in [5.41, 5.74) is -0.847. The third kappa shape index (κ3) is 1.74. The molecule has 1 atom stereocenters. The third-order valence-corrected chi connectivity index (χ3v) is 2.85. The average Bonchev–Trinajstić information content (AvgIpc) is 2.87. The molecule has 0 bridgehead atoms. The van der Waals surface area contributed by atoms with Crippen molar-refractivity contribution in [3.63, 3.8) is 0 Å². The van der Waals surface area contributed by atoms with E-state index in [-0.39, 0.29) is 0 Å². The summed E-state index contributed by atoms with van der Waals surface area (Å²) in [4.78, 5) is 8.21. The van der Waals surface area contributed by atoms with Gasteiger partial charge in [0.15, 0.2) is 5.82 Å². The Balaban J connectivity index is 2.28. The van der Waals surface area contributed by atoms with Gasteiger partial charge in [-0.2, -0.15) is 0 Å². The molecule has 1 aliphatic rings. The molecule has 13 heavy (non-hydrogen) atoms. The van der Waals surface area contributed by atoms with Crippen LogP contribution in [0, 0.1) is 5.92 Å². The molecular formula is C9H11BrN2O. The van der Waals surface area contributed by atoms with E-state index >= 15 is 0 Å². The first-order valence-corrected chi connectivity index (χ1v) is 5.10. The Morgan fingerprint density at radius 2 is 2.00 bits per heavy atom. The maximum atomic E-state index is 10.1. The maximum Gasteiger partial charge on any atom is 0.160 e. The second kappa shape index (κ2) is 3.03. The Morgan fingerprint density at radius 3 is 2.46 bits per heavy atom. The summed E-state index contributed by atoms with van der Waals surface area (Å²) in [6.45, 7) is 1.79. The summed E-state index contributed by atoms with van der Waals surface area (Å²) in [5, 5.41) is 10.1. The van der Waals surface area contributed by atoms with Crippen LogP contribution in [0.3, 0.4) is 0 Å².